The third-order valence-corrected chi connectivity index (χ3v) is 6.65. The van der Waals surface area contributed by atoms with Crippen molar-refractivity contribution in [2.45, 2.75) is 46.2 Å². The van der Waals surface area contributed by atoms with Crippen molar-refractivity contribution < 1.29 is 4.79 Å². The monoisotopic (exact) mass is 394 g/mol. The fraction of sp³-hybridized carbons (Fsp3) is 0.409. The van der Waals surface area contributed by atoms with Gasteiger partial charge in [0.15, 0.2) is 0 Å². The van der Waals surface area contributed by atoms with Crippen LogP contribution in [-0.4, -0.2) is 39.9 Å². The Balaban J connectivity index is 1.39. The maximum Gasteiger partial charge on any atom is 0.261 e. The first kappa shape index (κ1) is 19.0. The molecule has 28 heavy (non-hydrogen) atoms. The van der Waals surface area contributed by atoms with Gasteiger partial charge in [0, 0.05) is 36.8 Å². The molecular formula is C22H26N4OS. The number of aryl methyl sites for hydroxylation is 3. The van der Waals surface area contributed by atoms with Crippen LogP contribution in [0.2, 0.25) is 0 Å². The van der Waals surface area contributed by atoms with Gasteiger partial charge in [-0.1, -0.05) is 30.3 Å². The molecule has 0 aliphatic carbocycles. The van der Waals surface area contributed by atoms with Crippen LogP contribution in [-0.2, 0) is 6.54 Å². The number of thiophene rings is 1. The summed E-state index contributed by atoms with van der Waals surface area (Å²) in [5, 5.41) is 4.28. The highest BCUT2D eigenvalue weighted by Crippen LogP contribution is 2.31. The molecule has 1 aliphatic rings. The van der Waals surface area contributed by atoms with Crippen molar-refractivity contribution in [3.8, 4) is 0 Å². The van der Waals surface area contributed by atoms with Crippen LogP contribution >= 0.6 is 11.3 Å². The van der Waals surface area contributed by atoms with Crippen LogP contribution in [0.5, 0.6) is 0 Å². The Morgan fingerprint density at radius 1 is 1.14 bits per heavy atom. The first-order chi connectivity index (χ1) is 13.5. The average molecular weight is 395 g/mol. The van der Waals surface area contributed by atoms with Crippen LogP contribution in [0.1, 0.15) is 45.2 Å². The number of amides is 1. The van der Waals surface area contributed by atoms with E-state index < -0.39 is 0 Å². The van der Waals surface area contributed by atoms with Crippen molar-refractivity contribution >= 4 is 27.5 Å². The standard InChI is InChI=1S/C22H26N4OS/c1-14-19-15(2)23-16(3)24-22(19)28-20(14)21(27)25-18-9-11-26(12-10-18)13-17-7-5-4-6-8-17/h4-8,18H,9-13H2,1-3H3,(H,25,27). The number of fused-ring (bicyclic) bond motifs is 1. The van der Waals surface area contributed by atoms with Crippen LogP contribution in [0.25, 0.3) is 10.2 Å². The summed E-state index contributed by atoms with van der Waals surface area (Å²) in [6.07, 6.45) is 1.97. The van der Waals surface area contributed by atoms with E-state index in [0.717, 1.165) is 64.7 Å². The predicted molar refractivity (Wildman–Crippen MR) is 114 cm³/mol. The van der Waals surface area contributed by atoms with E-state index in [1.807, 2.05) is 20.8 Å². The number of rotatable bonds is 4. The zero-order chi connectivity index (χ0) is 19.7. The number of piperidine rings is 1. The molecule has 146 valence electrons. The molecule has 1 aromatic carbocycles. The Hall–Kier alpha value is -2.31. The lowest BCUT2D eigenvalue weighted by atomic mass is 10.0. The number of aromatic nitrogens is 2. The lowest BCUT2D eigenvalue weighted by Gasteiger charge is -2.32. The Bertz CT molecular complexity index is 991. The molecule has 2 aromatic heterocycles. The molecule has 6 heteroatoms. The van der Waals surface area contributed by atoms with Crippen LogP contribution < -0.4 is 5.32 Å². The number of carbonyl (C=O) groups is 1. The summed E-state index contributed by atoms with van der Waals surface area (Å²) >= 11 is 1.48. The molecule has 0 atom stereocenters. The van der Waals surface area contributed by atoms with E-state index in [9.17, 15) is 4.79 Å². The number of hydrogen-bond acceptors (Lipinski definition) is 5. The second-order valence-electron chi connectivity index (χ2n) is 7.60. The van der Waals surface area contributed by atoms with Crippen LogP contribution in [0.15, 0.2) is 30.3 Å². The summed E-state index contributed by atoms with van der Waals surface area (Å²) in [6.45, 7) is 8.88. The van der Waals surface area contributed by atoms with Crippen LogP contribution in [0.4, 0.5) is 0 Å². The Morgan fingerprint density at radius 2 is 1.86 bits per heavy atom. The molecule has 5 nitrogen and oxygen atoms in total. The Kier molecular flexibility index (Phi) is 5.42. The SMILES string of the molecule is Cc1nc(C)c2c(C)c(C(=O)NC3CCN(Cc4ccccc4)CC3)sc2n1. The van der Waals surface area contributed by atoms with Crippen LogP contribution in [0, 0.1) is 20.8 Å². The Labute approximate surface area is 169 Å². The largest absolute Gasteiger partial charge is 0.349 e. The van der Waals surface area contributed by atoms with Gasteiger partial charge >= 0.3 is 0 Å². The molecule has 0 unspecified atom stereocenters. The van der Waals surface area contributed by atoms with Crippen molar-refractivity contribution in [2.75, 3.05) is 13.1 Å². The lowest BCUT2D eigenvalue weighted by molar-refractivity contribution is 0.0912. The van der Waals surface area contributed by atoms with E-state index in [-0.39, 0.29) is 11.9 Å². The lowest BCUT2D eigenvalue weighted by Crippen LogP contribution is -2.44. The molecule has 1 N–H and O–H groups in total. The quantitative estimate of drug-likeness (QED) is 0.726. The summed E-state index contributed by atoms with van der Waals surface area (Å²) < 4.78 is 0. The predicted octanol–water partition coefficient (Wildman–Crippen LogP) is 4.01. The molecule has 1 saturated heterocycles. The molecule has 1 amide bonds. The minimum atomic E-state index is 0.0269. The fourth-order valence-electron chi connectivity index (χ4n) is 4.02. The van der Waals surface area contributed by atoms with Gasteiger partial charge in [0.05, 0.1) is 4.88 Å². The van der Waals surface area contributed by atoms with Crippen molar-refractivity contribution in [1.29, 1.82) is 0 Å². The molecule has 1 aliphatic heterocycles. The van der Waals surface area contributed by atoms with Gasteiger partial charge in [0.2, 0.25) is 0 Å². The number of nitrogens with zero attached hydrogens (tertiary/aromatic N) is 3. The van der Waals surface area contributed by atoms with E-state index >= 15 is 0 Å². The third kappa shape index (κ3) is 3.93. The molecule has 0 spiro atoms. The van der Waals surface area contributed by atoms with Gasteiger partial charge in [-0.15, -0.1) is 11.3 Å². The van der Waals surface area contributed by atoms with Crippen molar-refractivity contribution in [2.24, 2.45) is 0 Å². The van der Waals surface area contributed by atoms with Gasteiger partial charge in [0.1, 0.15) is 10.7 Å². The highest BCUT2D eigenvalue weighted by molar-refractivity contribution is 7.20. The topological polar surface area (TPSA) is 58.1 Å². The molecule has 0 bridgehead atoms. The number of benzene rings is 1. The number of nitrogens with one attached hydrogen (secondary N) is 1. The third-order valence-electron chi connectivity index (χ3n) is 5.46. The molecule has 3 heterocycles. The van der Waals surface area contributed by atoms with E-state index in [4.69, 9.17) is 0 Å². The summed E-state index contributed by atoms with van der Waals surface area (Å²) in [4.78, 5) is 26.0. The van der Waals surface area contributed by atoms with E-state index in [1.165, 1.54) is 16.9 Å². The molecule has 0 saturated carbocycles. The van der Waals surface area contributed by atoms with Crippen molar-refractivity contribution in [3.05, 3.63) is 57.9 Å². The maximum atomic E-state index is 12.9. The normalized spacial score (nSPS) is 15.8. The zero-order valence-electron chi connectivity index (χ0n) is 16.7. The summed E-state index contributed by atoms with van der Waals surface area (Å²) in [5.41, 5.74) is 3.29. The van der Waals surface area contributed by atoms with Gasteiger partial charge in [-0.2, -0.15) is 0 Å². The van der Waals surface area contributed by atoms with Gasteiger partial charge in [-0.3, -0.25) is 9.69 Å². The first-order valence-corrected chi connectivity index (χ1v) is 10.6. The summed E-state index contributed by atoms with van der Waals surface area (Å²) in [5.74, 6) is 0.781. The highest BCUT2D eigenvalue weighted by atomic mass is 32.1. The number of likely N-dealkylation sites (tertiary alicyclic amines) is 1. The maximum absolute atomic E-state index is 12.9. The second-order valence-corrected chi connectivity index (χ2v) is 8.60. The Morgan fingerprint density at radius 3 is 2.57 bits per heavy atom. The van der Waals surface area contributed by atoms with Gasteiger partial charge in [-0.25, -0.2) is 9.97 Å². The van der Waals surface area contributed by atoms with Gasteiger partial charge in [0.25, 0.3) is 5.91 Å². The molecule has 3 aromatic rings. The average Bonchev–Trinajstić information content (AvgIpc) is 3.01. The minimum Gasteiger partial charge on any atom is -0.349 e. The highest BCUT2D eigenvalue weighted by Gasteiger charge is 2.24. The summed E-state index contributed by atoms with van der Waals surface area (Å²) in [7, 11) is 0. The van der Waals surface area contributed by atoms with Crippen molar-refractivity contribution in [3.63, 3.8) is 0 Å². The summed E-state index contributed by atoms with van der Waals surface area (Å²) in [6, 6.07) is 10.8. The number of carbonyl (C=O) groups excluding carboxylic acids is 1. The van der Waals surface area contributed by atoms with Gasteiger partial charge in [-0.05, 0) is 44.7 Å². The van der Waals surface area contributed by atoms with E-state index in [2.05, 4.69) is 50.5 Å². The van der Waals surface area contributed by atoms with E-state index in [1.54, 1.807) is 0 Å². The molecule has 4 rings (SSSR count). The number of hydrogen-bond donors (Lipinski definition) is 1. The zero-order valence-corrected chi connectivity index (χ0v) is 17.5. The first-order valence-electron chi connectivity index (χ1n) is 9.82. The van der Waals surface area contributed by atoms with E-state index in [0.29, 0.717) is 0 Å². The molecule has 0 radical (unpaired) electrons. The van der Waals surface area contributed by atoms with Crippen LogP contribution in [0.3, 0.4) is 0 Å². The van der Waals surface area contributed by atoms with Crippen molar-refractivity contribution in [1.82, 2.24) is 20.2 Å². The second kappa shape index (κ2) is 7.97. The molecule has 1 fully saturated rings. The van der Waals surface area contributed by atoms with Gasteiger partial charge < -0.3 is 5.32 Å². The molecular weight excluding hydrogens is 368 g/mol. The smallest absolute Gasteiger partial charge is 0.261 e. The minimum absolute atomic E-state index is 0.0269. The fourth-order valence-corrected chi connectivity index (χ4v) is 5.20.